The molecule has 10 rings (SSSR count). The van der Waals surface area contributed by atoms with Crippen LogP contribution in [0.4, 0.5) is 10.7 Å². The average Bonchev–Trinajstić information content (AvgIpc) is 4.07. The number of aryl methyl sites for hydroxylation is 2. The van der Waals surface area contributed by atoms with Crippen molar-refractivity contribution in [2.45, 2.75) is 126 Å². The van der Waals surface area contributed by atoms with Crippen molar-refractivity contribution in [1.82, 2.24) is 28.7 Å². The molecule has 0 spiro atoms. The minimum atomic E-state index is -4.11. The molecule has 4 fully saturated rings. The molecule has 1 saturated carbocycles. The van der Waals surface area contributed by atoms with Crippen molar-refractivity contribution in [2.24, 2.45) is 13.0 Å². The summed E-state index contributed by atoms with van der Waals surface area (Å²) in [6.45, 7) is 14.8. The number of anilines is 1. The Morgan fingerprint density at radius 3 is 2.31 bits per heavy atom. The molecule has 1 aliphatic carbocycles. The Labute approximate surface area is 422 Å². The fourth-order valence-electron chi connectivity index (χ4n) is 10.6. The number of nitrogens with zero attached hydrogens (tertiary/aromatic N) is 6. The van der Waals surface area contributed by atoms with Gasteiger partial charge in [0.2, 0.25) is 5.95 Å². The number of nitrogens with one attached hydrogen (secondary N) is 1. The molecule has 2 atom stereocenters. The maximum Gasteiger partial charge on any atom is 0.408 e. The second-order valence-corrected chi connectivity index (χ2v) is 23.6. The van der Waals surface area contributed by atoms with Crippen LogP contribution in [0, 0.1) is 12.8 Å². The second kappa shape index (κ2) is 20.0. The molecule has 1 amide bonds. The quantitative estimate of drug-likeness (QED) is 0.111. The fraction of sp³-hybridized carbons (Fsp3) is 0.500. The zero-order chi connectivity index (χ0) is 50.4. The van der Waals surface area contributed by atoms with Crippen molar-refractivity contribution in [3.63, 3.8) is 0 Å². The summed E-state index contributed by atoms with van der Waals surface area (Å²) in [5, 5.41) is 4.41. The summed E-state index contributed by atoms with van der Waals surface area (Å²) in [6.07, 6.45) is 10.8. The molecule has 4 aliphatic rings. The fourth-order valence-corrected chi connectivity index (χ4v) is 11.9. The molecule has 3 aromatic carbocycles. The number of carbonyl (C=O) groups excluding carboxylic acids is 1. The third-order valence-corrected chi connectivity index (χ3v) is 16.6. The van der Waals surface area contributed by atoms with Crippen LogP contribution in [0.5, 0.6) is 0 Å². The normalized spacial score (nSPS) is 20.1. The highest BCUT2D eigenvalue weighted by Gasteiger charge is 2.45. The third-order valence-electron chi connectivity index (χ3n) is 14.9. The number of likely N-dealkylation sites (tertiary alicyclic amines) is 1. The number of alkyl carbamates (subject to hydrolysis) is 1. The standard InChI is InChI=1S/C56H69N7O8S/c1-38-15-20-43(21-16-38)72(66,67)63-30-25-44-46(36-60(6)51(64)49(44)63)40-17-22-47-45(34-40)50(56(70-42-18-19-42,41-12-8-7-9-13-41)37-69-48-14-10-11-33-68-48)58-52(57-47)62-28-23-39(24-29-62)35-61-31-26-55(5,27-32-61)59-53(65)71-54(2,3)4/h7-9,12-13,15-17,20-22,25,30,34,36,39,42,48H,10-11,14,18-19,23-24,26-29,31-33,35,37H2,1-6H3,(H,59,65). The Bertz CT molecular complexity index is 3090. The first-order valence-corrected chi connectivity index (χ1v) is 27.2. The minimum Gasteiger partial charge on any atom is -0.444 e. The van der Waals surface area contributed by atoms with E-state index in [9.17, 15) is 18.0 Å². The van der Waals surface area contributed by atoms with Gasteiger partial charge in [-0.25, -0.2) is 27.2 Å². The molecule has 3 saturated heterocycles. The van der Waals surface area contributed by atoms with Gasteiger partial charge in [-0.15, -0.1) is 0 Å². The predicted molar refractivity (Wildman–Crippen MR) is 279 cm³/mol. The highest BCUT2D eigenvalue weighted by atomic mass is 32.2. The van der Waals surface area contributed by atoms with Crippen LogP contribution in [0.1, 0.15) is 102 Å². The number of amides is 1. The van der Waals surface area contributed by atoms with E-state index in [2.05, 4.69) is 40.2 Å². The number of piperidine rings is 2. The summed E-state index contributed by atoms with van der Waals surface area (Å²) in [4.78, 5) is 42.5. The van der Waals surface area contributed by atoms with E-state index in [1.165, 1.54) is 10.8 Å². The van der Waals surface area contributed by atoms with Crippen LogP contribution in [0.15, 0.2) is 101 Å². The summed E-state index contributed by atoms with van der Waals surface area (Å²) in [7, 11) is -2.46. The van der Waals surface area contributed by atoms with E-state index in [0.29, 0.717) is 35.1 Å². The molecule has 0 radical (unpaired) electrons. The molecule has 1 N–H and O–H groups in total. The van der Waals surface area contributed by atoms with Crippen LogP contribution in [-0.4, -0.2) is 107 Å². The third kappa shape index (κ3) is 10.6. The van der Waals surface area contributed by atoms with Gasteiger partial charge in [-0.2, -0.15) is 0 Å². The van der Waals surface area contributed by atoms with Crippen molar-refractivity contribution >= 4 is 43.9 Å². The summed E-state index contributed by atoms with van der Waals surface area (Å²) >= 11 is 0. The molecular weight excluding hydrogens is 931 g/mol. The van der Waals surface area contributed by atoms with Gasteiger partial charge in [0.1, 0.15) is 11.1 Å². The molecule has 3 aliphatic heterocycles. The highest BCUT2D eigenvalue weighted by Crippen LogP contribution is 2.45. The van der Waals surface area contributed by atoms with Crippen molar-refractivity contribution in [3.05, 3.63) is 118 Å². The van der Waals surface area contributed by atoms with E-state index in [4.69, 9.17) is 28.9 Å². The molecule has 0 bridgehead atoms. The molecule has 3 aromatic heterocycles. The molecule has 16 heteroatoms. The van der Waals surface area contributed by atoms with E-state index in [1.54, 1.807) is 43.6 Å². The molecule has 6 aromatic rings. The van der Waals surface area contributed by atoms with Gasteiger partial charge in [-0.05, 0) is 140 Å². The smallest absolute Gasteiger partial charge is 0.408 e. The molecular formula is C56H69N7O8S. The SMILES string of the molecule is Cc1ccc(S(=O)(=O)n2ccc3c(-c4ccc5nc(N6CCC(CN7CCC(C)(NC(=O)OC(C)(C)C)CC7)CC6)nc(C(COC6CCCCO6)(OC6CC6)c6ccccc6)c5c4)cn(C)c(=O)c32)cc1. The van der Waals surface area contributed by atoms with Gasteiger partial charge in [0.15, 0.2) is 11.9 Å². The van der Waals surface area contributed by atoms with E-state index >= 15 is 0 Å². The van der Waals surface area contributed by atoms with Crippen molar-refractivity contribution in [3.8, 4) is 11.1 Å². The van der Waals surface area contributed by atoms with Crippen LogP contribution >= 0.6 is 0 Å². The molecule has 382 valence electrons. The number of carbonyl (C=O) groups is 1. The summed E-state index contributed by atoms with van der Waals surface area (Å²) in [5.41, 5.74) is 2.31. The lowest BCUT2D eigenvalue weighted by atomic mass is 9.87. The van der Waals surface area contributed by atoms with Gasteiger partial charge < -0.3 is 38.6 Å². The van der Waals surface area contributed by atoms with E-state index in [0.717, 1.165) is 122 Å². The molecule has 6 heterocycles. The first-order valence-electron chi connectivity index (χ1n) is 25.8. The first kappa shape index (κ1) is 49.9. The van der Waals surface area contributed by atoms with Gasteiger partial charge in [0.05, 0.1) is 28.8 Å². The lowest BCUT2D eigenvalue weighted by Gasteiger charge is -2.42. The van der Waals surface area contributed by atoms with E-state index < -0.39 is 26.8 Å². The Balaban J connectivity index is 1.01. The largest absolute Gasteiger partial charge is 0.444 e. The van der Waals surface area contributed by atoms with Gasteiger partial charge in [0, 0.05) is 80.6 Å². The summed E-state index contributed by atoms with van der Waals surface area (Å²) in [5.74, 6) is 1.12. The number of rotatable bonds is 14. The highest BCUT2D eigenvalue weighted by molar-refractivity contribution is 7.90. The number of hydrogen-bond donors (Lipinski definition) is 1. The van der Waals surface area contributed by atoms with Crippen LogP contribution in [0.2, 0.25) is 0 Å². The Hall–Kier alpha value is -5.65. The lowest BCUT2D eigenvalue weighted by molar-refractivity contribution is -0.197. The average molecular weight is 1000 g/mol. The number of aromatic nitrogens is 4. The van der Waals surface area contributed by atoms with Crippen molar-refractivity contribution < 1.29 is 32.2 Å². The zero-order valence-electron chi connectivity index (χ0n) is 42.6. The maximum absolute atomic E-state index is 14.2. The molecule has 2 unspecified atom stereocenters. The van der Waals surface area contributed by atoms with Gasteiger partial charge in [0.25, 0.3) is 15.6 Å². The van der Waals surface area contributed by atoms with Crippen LogP contribution in [-0.2, 0) is 41.6 Å². The topological polar surface area (TPSA) is 159 Å². The van der Waals surface area contributed by atoms with E-state index in [1.807, 2.05) is 58.0 Å². The maximum atomic E-state index is 14.2. The second-order valence-electron chi connectivity index (χ2n) is 21.8. The summed E-state index contributed by atoms with van der Waals surface area (Å²) in [6, 6.07) is 24.6. The zero-order valence-corrected chi connectivity index (χ0v) is 43.4. The van der Waals surface area contributed by atoms with Gasteiger partial charge in [-0.3, -0.25) is 4.79 Å². The Kier molecular flexibility index (Phi) is 13.9. The van der Waals surface area contributed by atoms with E-state index in [-0.39, 0.29) is 41.0 Å². The predicted octanol–water partition coefficient (Wildman–Crippen LogP) is 9.06. The number of benzene rings is 3. The Morgan fingerprint density at radius 2 is 1.62 bits per heavy atom. The van der Waals surface area contributed by atoms with Gasteiger partial charge in [-0.1, -0.05) is 54.1 Å². The van der Waals surface area contributed by atoms with Crippen LogP contribution in [0.25, 0.3) is 32.9 Å². The Morgan fingerprint density at radius 1 is 0.889 bits per heavy atom. The van der Waals surface area contributed by atoms with Crippen LogP contribution in [0.3, 0.4) is 0 Å². The number of ether oxygens (including phenoxy) is 4. The summed E-state index contributed by atoms with van der Waals surface area (Å²) < 4.78 is 56.7. The monoisotopic (exact) mass is 999 g/mol. The number of fused-ring (bicyclic) bond motifs is 2. The molecule has 72 heavy (non-hydrogen) atoms. The molecule has 15 nitrogen and oxygen atoms in total. The number of pyridine rings is 1. The van der Waals surface area contributed by atoms with Crippen LogP contribution < -0.4 is 15.8 Å². The van der Waals surface area contributed by atoms with Crippen molar-refractivity contribution in [2.75, 3.05) is 50.8 Å². The van der Waals surface area contributed by atoms with Crippen molar-refractivity contribution in [1.29, 1.82) is 0 Å². The minimum absolute atomic E-state index is 0.00673. The first-order chi connectivity index (χ1) is 34.5. The number of hydrogen-bond acceptors (Lipinski definition) is 12. The lowest BCUT2D eigenvalue weighted by Crippen LogP contribution is -2.55. The van der Waals surface area contributed by atoms with Gasteiger partial charge >= 0.3 is 6.09 Å².